The summed E-state index contributed by atoms with van der Waals surface area (Å²) in [5.41, 5.74) is 7.23. The fourth-order valence-corrected chi connectivity index (χ4v) is 5.90. The summed E-state index contributed by atoms with van der Waals surface area (Å²) >= 11 is 2.29. The average Bonchev–Trinajstić information content (AvgIpc) is 3.37. The number of aryl methyl sites for hydroxylation is 1. The van der Waals surface area contributed by atoms with Gasteiger partial charge in [0.25, 0.3) is 0 Å². The first kappa shape index (κ1) is 23.9. The Balaban J connectivity index is 1.34. The Kier molecular flexibility index (Phi) is 7.14. The Morgan fingerprint density at radius 3 is 2.71 bits per heavy atom. The molecule has 2 aliphatic rings. The lowest BCUT2D eigenvalue weighted by Crippen LogP contribution is -2.29. The Hall–Kier alpha value is -2.80. The molecular formula is C30H31IN2O2. The molecule has 5 rings (SSSR count). The van der Waals surface area contributed by atoms with E-state index in [0.717, 1.165) is 39.2 Å². The van der Waals surface area contributed by atoms with E-state index in [1.54, 1.807) is 7.11 Å². The molecule has 0 radical (unpaired) electrons. The van der Waals surface area contributed by atoms with Crippen LogP contribution in [-0.4, -0.2) is 19.9 Å². The molecule has 3 atom stereocenters. The number of ether oxygens (including phenoxy) is 2. The van der Waals surface area contributed by atoms with Gasteiger partial charge in [-0.1, -0.05) is 48.9 Å². The number of allylic oxidation sites excluding steroid dienone is 2. The number of hydrogen-bond donors (Lipinski definition) is 1. The molecule has 1 heterocycles. The molecule has 1 aliphatic heterocycles. The molecule has 1 aliphatic carbocycles. The van der Waals surface area contributed by atoms with Crippen molar-refractivity contribution in [1.29, 1.82) is 0 Å². The number of aliphatic imine (C=N–C) groups is 1. The molecule has 35 heavy (non-hydrogen) atoms. The molecule has 5 heteroatoms. The van der Waals surface area contributed by atoms with Crippen LogP contribution in [0.25, 0.3) is 0 Å². The van der Waals surface area contributed by atoms with Crippen LogP contribution < -0.4 is 14.8 Å². The van der Waals surface area contributed by atoms with Crippen molar-refractivity contribution in [2.24, 2.45) is 10.9 Å². The van der Waals surface area contributed by atoms with Gasteiger partial charge in [0, 0.05) is 17.8 Å². The number of rotatable bonds is 7. The van der Waals surface area contributed by atoms with Crippen molar-refractivity contribution in [3.63, 3.8) is 0 Å². The SMILES string of the molecule is CCCOc1c(I)cc(C=Nc2ccc([C@@H]3Nc4ccc(C)cc4[C@@H]4C=CC[C@@H]43)cc2)cc1OC. The fraction of sp³-hybridized carbons (Fsp3) is 0.300. The second-order valence-corrected chi connectivity index (χ2v) is 10.5. The summed E-state index contributed by atoms with van der Waals surface area (Å²) in [6.07, 6.45) is 8.68. The molecule has 0 bridgehead atoms. The Morgan fingerprint density at radius 2 is 1.94 bits per heavy atom. The standard InChI is InChI=1S/C30H31IN2O2/c1-4-14-35-30-26(31)16-20(17-28(30)34-3)18-32-22-11-9-21(10-12-22)29-24-7-5-6-23(24)25-15-19(2)8-13-27(25)33-29/h5-6,8-13,15-18,23-24,29,33H,4,7,14H2,1-3H3/t23-,24+,29+/m1/s1. The lowest BCUT2D eigenvalue weighted by atomic mass is 9.76. The third-order valence-electron chi connectivity index (χ3n) is 6.84. The van der Waals surface area contributed by atoms with Crippen LogP contribution in [0, 0.1) is 16.4 Å². The lowest BCUT2D eigenvalue weighted by Gasteiger charge is -2.37. The van der Waals surface area contributed by atoms with Crippen LogP contribution in [0.5, 0.6) is 11.5 Å². The number of halogens is 1. The van der Waals surface area contributed by atoms with Crippen LogP contribution in [0.4, 0.5) is 11.4 Å². The summed E-state index contributed by atoms with van der Waals surface area (Å²) in [6.45, 7) is 4.94. The minimum Gasteiger partial charge on any atom is -0.493 e. The van der Waals surface area contributed by atoms with Gasteiger partial charge in [-0.05, 0) is 95.3 Å². The van der Waals surface area contributed by atoms with E-state index in [1.807, 2.05) is 12.3 Å². The molecule has 3 aromatic rings. The number of methoxy groups -OCH3 is 1. The van der Waals surface area contributed by atoms with E-state index >= 15 is 0 Å². The maximum absolute atomic E-state index is 5.87. The predicted molar refractivity (Wildman–Crippen MR) is 153 cm³/mol. The Bertz CT molecular complexity index is 1270. The first-order valence-corrected chi connectivity index (χ1v) is 13.3. The molecule has 0 saturated carbocycles. The number of fused-ring (bicyclic) bond motifs is 3. The molecular weight excluding hydrogens is 547 g/mol. The van der Waals surface area contributed by atoms with Gasteiger partial charge in [-0.2, -0.15) is 0 Å². The smallest absolute Gasteiger partial charge is 0.174 e. The maximum atomic E-state index is 5.87. The highest BCUT2D eigenvalue weighted by Gasteiger charge is 2.37. The molecule has 4 nitrogen and oxygen atoms in total. The van der Waals surface area contributed by atoms with E-state index < -0.39 is 0 Å². The maximum Gasteiger partial charge on any atom is 0.174 e. The molecule has 0 fully saturated rings. The summed E-state index contributed by atoms with van der Waals surface area (Å²) in [4.78, 5) is 4.73. The van der Waals surface area contributed by atoms with Gasteiger partial charge < -0.3 is 14.8 Å². The monoisotopic (exact) mass is 578 g/mol. The van der Waals surface area contributed by atoms with Crippen molar-refractivity contribution in [3.8, 4) is 11.5 Å². The zero-order valence-electron chi connectivity index (χ0n) is 20.4. The minimum atomic E-state index is 0.296. The summed E-state index contributed by atoms with van der Waals surface area (Å²) in [6, 6.07) is 19.7. The summed E-state index contributed by atoms with van der Waals surface area (Å²) < 4.78 is 12.4. The highest BCUT2D eigenvalue weighted by molar-refractivity contribution is 14.1. The molecule has 0 aromatic heterocycles. The quantitative estimate of drug-likeness (QED) is 0.176. The second kappa shape index (κ2) is 10.4. The van der Waals surface area contributed by atoms with Crippen LogP contribution in [-0.2, 0) is 0 Å². The lowest BCUT2D eigenvalue weighted by molar-refractivity contribution is 0.292. The highest BCUT2D eigenvalue weighted by Crippen LogP contribution is 2.50. The average molecular weight is 578 g/mol. The molecule has 1 N–H and O–H groups in total. The Morgan fingerprint density at radius 1 is 1.11 bits per heavy atom. The number of hydrogen-bond acceptors (Lipinski definition) is 4. The van der Waals surface area contributed by atoms with Crippen molar-refractivity contribution in [2.75, 3.05) is 19.0 Å². The molecule has 0 amide bonds. The zero-order chi connectivity index (χ0) is 24.4. The van der Waals surface area contributed by atoms with Crippen molar-refractivity contribution in [2.45, 2.75) is 38.6 Å². The third kappa shape index (κ3) is 4.96. The number of benzene rings is 3. The van der Waals surface area contributed by atoms with Gasteiger partial charge in [0.2, 0.25) is 0 Å². The van der Waals surface area contributed by atoms with Gasteiger partial charge in [-0.15, -0.1) is 0 Å². The number of nitrogens with zero attached hydrogens (tertiary/aromatic N) is 1. The second-order valence-electron chi connectivity index (χ2n) is 9.30. The van der Waals surface area contributed by atoms with Gasteiger partial charge in [-0.3, -0.25) is 4.99 Å². The number of nitrogens with one attached hydrogen (secondary N) is 1. The summed E-state index contributed by atoms with van der Waals surface area (Å²) in [5.74, 6) is 2.56. The highest BCUT2D eigenvalue weighted by atomic mass is 127. The normalized spacial score (nSPS) is 20.4. The van der Waals surface area contributed by atoms with Gasteiger partial charge >= 0.3 is 0 Å². The number of anilines is 1. The Labute approximate surface area is 221 Å². The van der Waals surface area contributed by atoms with Crippen molar-refractivity contribution in [1.82, 2.24) is 0 Å². The van der Waals surface area contributed by atoms with Crippen molar-refractivity contribution in [3.05, 3.63) is 92.6 Å². The van der Waals surface area contributed by atoms with E-state index in [4.69, 9.17) is 14.5 Å². The zero-order valence-corrected chi connectivity index (χ0v) is 22.6. The van der Waals surface area contributed by atoms with Crippen LogP contribution in [0.1, 0.15) is 54.0 Å². The summed E-state index contributed by atoms with van der Waals surface area (Å²) in [5, 5.41) is 3.82. The molecule has 0 unspecified atom stereocenters. The fourth-order valence-electron chi connectivity index (χ4n) is 5.12. The third-order valence-corrected chi connectivity index (χ3v) is 7.64. The van der Waals surface area contributed by atoms with E-state index in [2.05, 4.69) is 102 Å². The van der Waals surface area contributed by atoms with E-state index in [-0.39, 0.29) is 0 Å². The first-order chi connectivity index (χ1) is 17.1. The van der Waals surface area contributed by atoms with Crippen LogP contribution >= 0.6 is 22.6 Å². The van der Waals surface area contributed by atoms with Gasteiger partial charge in [0.15, 0.2) is 11.5 Å². The van der Waals surface area contributed by atoms with Gasteiger partial charge in [0.05, 0.1) is 29.0 Å². The topological polar surface area (TPSA) is 42.8 Å². The van der Waals surface area contributed by atoms with Crippen LogP contribution in [0.2, 0.25) is 0 Å². The minimum absolute atomic E-state index is 0.296. The first-order valence-electron chi connectivity index (χ1n) is 12.3. The van der Waals surface area contributed by atoms with Crippen molar-refractivity contribution < 1.29 is 9.47 Å². The molecule has 3 aromatic carbocycles. The van der Waals surface area contributed by atoms with Gasteiger partial charge in [-0.25, -0.2) is 0 Å². The van der Waals surface area contributed by atoms with Crippen LogP contribution in [0.3, 0.4) is 0 Å². The summed E-state index contributed by atoms with van der Waals surface area (Å²) in [7, 11) is 1.67. The molecule has 0 saturated heterocycles. The van der Waals surface area contributed by atoms with E-state index in [1.165, 1.54) is 22.4 Å². The molecule has 180 valence electrons. The molecule has 0 spiro atoms. The largest absolute Gasteiger partial charge is 0.493 e. The predicted octanol–water partition coefficient (Wildman–Crippen LogP) is 7.97. The van der Waals surface area contributed by atoms with E-state index in [0.29, 0.717) is 24.5 Å². The van der Waals surface area contributed by atoms with Crippen LogP contribution in [0.15, 0.2) is 71.7 Å². The van der Waals surface area contributed by atoms with Gasteiger partial charge in [0.1, 0.15) is 0 Å². The van der Waals surface area contributed by atoms with E-state index in [9.17, 15) is 0 Å². The van der Waals surface area contributed by atoms with Crippen molar-refractivity contribution >= 4 is 40.2 Å².